The van der Waals surface area contributed by atoms with Crippen molar-refractivity contribution in [2.24, 2.45) is 5.41 Å². The van der Waals surface area contributed by atoms with E-state index in [1.807, 2.05) is 50.5 Å². The van der Waals surface area contributed by atoms with E-state index in [9.17, 15) is 0 Å². The normalized spacial score (nSPS) is 10.2. The van der Waals surface area contributed by atoms with Gasteiger partial charge in [0.15, 0.2) is 0 Å². The second-order valence-electron chi connectivity index (χ2n) is 10.2. The number of allylic oxidation sites excluding steroid dienone is 1. The van der Waals surface area contributed by atoms with Crippen molar-refractivity contribution in [3.8, 4) is 0 Å². The molecule has 0 saturated heterocycles. The van der Waals surface area contributed by atoms with Crippen molar-refractivity contribution in [2.45, 2.75) is 114 Å². The molecule has 2 heterocycles. The molecule has 36 heavy (non-hydrogen) atoms. The van der Waals surface area contributed by atoms with Gasteiger partial charge in [0.25, 0.3) is 0 Å². The fourth-order valence-electron chi connectivity index (χ4n) is 3.82. The van der Waals surface area contributed by atoms with Gasteiger partial charge in [0.05, 0.1) is 16.7 Å². The maximum atomic E-state index is 4.31. The number of nitrogens with zero attached hydrogens (tertiary/aromatic N) is 3. The first-order chi connectivity index (χ1) is 17.1. The fourth-order valence-corrected chi connectivity index (χ4v) is 3.82. The van der Waals surface area contributed by atoms with Gasteiger partial charge in [0.2, 0.25) is 0 Å². The highest BCUT2D eigenvalue weighted by Gasteiger charge is 2.13. The number of pyridine rings is 1. The minimum absolute atomic E-state index is 0.601. The third-order valence-electron chi connectivity index (χ3n) is 5.93. The molecule has 0 N–H and O–H groups in total. The molecule has 2 aromatic heterocycles. The van der Waals surface area contributed by atoms with Crippen LogP contribution in [0.15, 0.2) is 61.1 Å². The largest absolute Gasteiger partial charge is 0.264 e. The second kappa shape index (κ2) is 19.6. The molecule has 0 aliphatic heterocycles. The van der Waals surface area contributed by atoms with E-state index in [1.54, 1.807) is 6.20 Å². The van der Waals surface area contributed by atoms with Crippen LogP contribution < -0.4 is 0 Å². The van der Waals surface area contributed by atoms with Gasteiger partial charge in [-0.3, -0.25) is 9.97 Å². The zero-order chi connectivity index (χ0) is 27.4. The molecule has 0 atom stereocenters. The number of benzene rings is 1. The number of para-hydroxylation sites is 2. The van der Waals surface area contributed by atoms with Gasteiger partial charge in [0, 0.05) is 18.6 Å². The Labute approximate surface area is 222 Å². The summed E-state index contributed by atoms with van der Waals surface area (Å²) in [6.07, 6.45) is 15.7. The summed E-state index contributed by atoms with van der Waals surface area (Å²) in [5.41, 5.74) is 7.60. The van der Waals surface area contributed by atoms with Gasteiger partial charge in [0.1, 0.15) is 0 Å². The molecule has 3 nitrogen and oxygen atoms in total. The lowest BCUT2D eigenvalue weighted by molar-refractivity contribution is 0.301. The molecule has 0 aliphatic rings. The van der Waals surface area contributed by atoms with Crippen molar-refractivity contribution < 1.29 is 0 Å². The maximum absolute atomic E-state index is 4.31. The number of aryl methyl sites for hydroxylation is 3. The van der Waals surface area contributed by atoms with E-state index in [0.717, 1.165) is 36.0 Å². The van der Waals surface area contributed by atoms with Crippen LogP contribution in [0.25, 0.3) is 11.0 Å². The molecule has 0 amide bonds. The molecular weight excluding hydrogens is 438 g/mol. The van der Waals surface area contributed by atoms with Crippen LogP contribution in [0.3, 0.4) is 0 Å². The van der Waals surface area contributed by atoms with Gasteiger partial charge in [-0.05, 0) is 80.7 Å². The topological polar surface area (TPSA) is 38.7 Å². The summed E-state index contributed by atoms with van der Waals surface area (Å²) in [6, 6.07) is 9.98. The first-order valence-electron chi connectivity index (χ1n) is 13.9. The van der Waals surface area contributed by atoms with Crippen LogP contribution in [0.4, 0.5) is 0 Å². The van der Waals surface area contributed by atoms with E-state index in [1.165, 1.54) is 48.8 Å². The smallest absolute Gasteiger partial charge is 0.0889 e. The van der Waals surface area contributed by atoms with Crippen LogP contribution in [-0.4, -0.2) is 15.0 Å². The molecule has 0 fully saturated rings. The number of aromatic nitrogens is 3. The SMILES string of the molecule is C=C(C)CC.CCCC(C)(C)CCC.CCCc1cnccc1CC.Cc1cnc2ccccc2n1. The predicted octanol–water partition coefficient (Wildman–Crippen LogP) is 10.1. The van der Waals surface area contributed by atoms with E-state index in [4.69, 9.17) is 0 Å². The molecule has 0 bridgehead atoms. The molecular formula is C33H53N3. The van der Waals surface area contributed by atoms with Crippen molar-refractivity contribution >= 4 is 11.0 Å². The Bertz CT molecular complexity index is 967. The zero-order valence-electron chi connectivity index (χ0n) is 24.8. The molecule has 0 unspecified atom stereocenters. The van der Waals surface area contributed by atoms with Gasteiger partial charge in [-0.15, -0.1) is 6.58 Å². The minimum atomic E-state index is 0.601. The van der Waals surface area contributed by atoms with Crippen LogP contribution in [0.5, 0.6) is 0 Å². The Balaban J connectivity index is 0.000000471. The highest BCUT2D eigenvalue weighted by atomic mass is 14.8. The molecule has 0 saturated carbocycles. The molecule has 0 radical (unpaired) electrons. The summed E-state index contributed by atoms with van der Waals surface area (Å²) in [4.78, 5) is 12.6. The Morgan fingerprint density at radius 3 is 1.92 bits per heavy atom. The molecule has 0 spiro atoms. The molecule has 3 aromatic rings. The number of hydrogen-bond acceptors (Lipinski definition) is 3. The van der Waals surface area contributed by atoms with Gasteiger partial charge in [-0.2, -0.15) is 0 Å². The minimum Gasteiger partial charge on any atom is -0.264 e. The van der Waals surface area contributed by atoms with Crippen LogP contribution in [0.1, 0.15) is 111 Å². The van der Waals surface area contributed by atoms with Crippen molar-refractivity contribution in [2.75, 3.05) is 0 Å². The molecule has 3 rings (SSSR count). The van der Waals surface area contributed by atoms with E-state index < -0.39 is 0 Å². The summed E-state index contributed by atoms with van der Waals surface area (Å²) in [5, 5.41) is 0. The Hall–Kier alpha value is -2.55. The standard InChI is InChI=1S/C10H15N.C9H8N2.C9H20.C5H10/c1-3-5-10-8-11-7-6-9(10)4-2;1-7-6-10-8-4-2-3-5-9(8)11-7;1-5-7-9(3,4)8-6-2;1-4-5(2)3/h6-8H,3-5H2,1-2H3;2-6H,1H3;5-8H2,1-4H3;2,4H2,1,3H3. The van der Waals surface area contributed by atoms with Crippen molar-refractivity contribution in [1.82, 2.24) is 15.0 Å². The molecule has 3 heteroatoms. The van der Waals surface area contributed by atoms with E-state index in [-0.39, 0.29) is 0 Å². The number of rotatable bonds is 8. The highest BCUT2D eigenvalue weighted by Crippen LogP contribution is 2.27. The average Bonchev–Trinajstić information content (AvgIpc) is 2.85. The van der Waals surface area contributed by atoms with E-state index in [2.05, 4.69) is 76.1 Å². The summed E-state index contributed by atoms with van der Waals surface area (Å²) in [7, 11) is 0. The monoisotopic (exact) mass is 491 g/mol. The van der Waals surface area contributed by atoms with Crippen LogP contribution in [0, 0.1) is 12.3 Å². The third kappa shape index (κ3) is 15.4. The second-order valence-corrected chi connectivity index (χ2v) is 10.2. The van der Waals surface area contributed by atoms with Gasteiger partial charge in [-0.25, -0.2) is 4.98 Å². The number of hydrogen-bond donors (Lipinski definition) is 0. The zero-order valence-corrected chi connectivity index (χ0v) is 24.8. The average molecular weight is 492 g/mol. The quantitative estimate of drug-likeness (QED) is 0.294. The lowest BCUT2D eigenvalue weighted by Gasteiger charge is -2.22. The lowest BCUT2D eigenvalue weighted by atomic mass is 9.84. The summed E-state index contributed by atoms with van der Waals surface area (Å²) >= 11 is 0. The predicted molar refractivity (Wildman–Crippen MR) is 161 cm³/mol. The van der Waals surface area contributed by atoms with E-state index >= 15 is 0 Å². The van der Waals surface area contributed by atoms with Crippen LogP contribution in [0.2, 0.25) is 0 Å². The Morgan fingerprint density at radius 1 is 0.833 bits per heavy atom. The van der Waals surface area contributed by atoms with Crippen molar-refractivity contribution in [1.29, 1.82) is 0 Å². The third-order valence-corrected chi connectivity index (χ3v) is 5.93. The first kappa shape index (κ1) is 33.4. The van der Waals surface area contributed by atoms with Crippen LogP contribution in [-0.2, 0) is 12.8 Å². The maximum Gasteiger partial charge on any atom is 0.0889 e. The van der Waals surface area contributed by atoms with Gasteiger partial charge in [-0.1, -0.05) is 85.4 Å². The van der Waals surface area contributed by atoms with Gasteiger partial charge >= 0.3 is 0 Å². The number of fused-ring (bicyclic) bond motifs is 1. The lowest BCUT2D eigenvalue weighted by Crippen LogP contribution is -2.09. The Kier molecular flexibility index (Phi) is 18.2. The van der Waals surface area contributed by atoms with Gasteiger partial charge < -0.3 is 0 Å². The van der Waals surface area contributed by atoms with Crippen molar-refractivity contribution in [3.05, 3.63) is 77.9 Å². The summed E-state index contributed by atoms with van der Waals surface area (Å²) in [6.45, 7) is 23.4. The Morgan fingerprint density at radius 2 is 1.42 bits per heavy atom. The molecule has 200 valence electrons. The van der Waals surface area contributed by atoms with Crippen molar-refractivity contribution in [3.63, 3.8) is 0 Å². The summed E-state index contributed by atoms with van der Waals surface area (Å²) < 4.78 is 0. The van der Waals surface area contributed by atoms with E-state index in [0.29, 0.717) is 5.41 Å². The molecule has 0 aliphatic carbocycles. The first-order valence-corrected chi connectivity index (χ1v) is 13.9. The van der Waals surface area contributed by atoms with Crippen LogP contribution >= 0.6 is 0 Å². The highest BCUT2D eigenvalue weighted by molar-refractivity contribution is 5.73. The molecule has 1 aromatic carbocycles. The summed E-state index contributed by atoms with van der Waals surface area (Å²) in [5.74, 6) is 0. The fraction of sp³-hybridized carbons (Fsp3) is 0.545.